The second kappa shape index (κ2) is 10.7. The first kappa shape index (κ1) is 26.3. The molecule has 1 aromatic heterocycles. The molecular formula is C25H23F3N2O7. The number of hydrogen-bond acceptors (Lipinski definition) is 7. The summed E-state index contributed by atoms with van der Waals surface area (Å²) in [6, 6.07) is 14.0. The van der Waals surface area contributed by atoms with Gasteiger partial charge in [-0.1, -0.05) is 30.3 Å². The highest BCUT2D eigenvalue weighted by Gasteiger charge is 2.41. The number of aliphatic hydroxyl groups excluding tert-OH is 1. The van der Waals surface area contributed by atoms with Crippen LogP contribution in [0.5, 0.6) is 5.75 Å². The van der Waals surface area contributed by atoms with Crippen molar-refractivity contribution < 1.29 is 37.3 Å². The Hall–Kier alpha value is -3.74. The number of ether oxygens (including phenoxy) is 3. The lowest BCUT2D eigenvalue weighted by Gasteiger charge is -2.19. The van der Waals surface area contributed by atoms with Gasteiger partial charge < -0.3 is 19.3 Å². The molecule has 2 heterocycles. The maximum absolute atomic E-state index is 13.7. The van der Waals surface area contributed by atoms with Crippen molar-refractivity contribution in [3.8, 4) is 5.75 Å². The van der Waals surface area contributed by atoms with Crippen LogP contribution in [0.3, 0.4) is 0 Å². The average Bonchev–Trinajstić information content (AvgIpc) is 3.24. The molecule has 0 bridgehead atoms. The molecule has 0 radical (unpaired) electrons. The molecule has 0 aliphatic carbocycles. The Morgan fingerprint density at radius 2 is 1.78 bits per heavy atom. The molecule has 1 N–H and O–H groups in total. The van der Waals surface area contributed by atoms with Gasteiger partial charge in [0.1, 0.15) is 23.6 Å². The molecule has 1 fully saturated rings. The van der Waals surface area contributed by atoms with E-state index >= 15 is 0 Å². The highest BCUT2D eigenvalue weighted by Crippen LogP contribution is 2.31. The fraction of sp³-hybridized carbons (Fsp3) is 0.320. The van der Waals surface area contributed by atoms with Crippen molar-refractivity contribution in [1.29, 1.82) is 0 Å². The van der Waals surface area contributed by atoms with Gasteiger partial charge in [-0.15, -0.1) is 0 Å². The number of methoxy groups -OCH3 is 1. The Morgan fingerprint density at radius 1 is 1.11 bits per heavy atom. The summed E-state index contributed by atoms with van der Waals surface area (Å²) in [5.74, 6) is -0.551. The maximum atomic E-state index is 13.7. The van der Waals surface area contributed by atoms with Gasteiger partial charge in [0, 0.05) is 18.2 Å². The third-order valence-electron chi connectivity index (χ3n) is 5.87. The van der Waals surface area contributed by atoms with E-state index in [1.54, 1.807) is 30.3 Å². The predicted molar refractivity (Wildman–Crippen MR) is 123 cm³/mol. The summed E-state index contributed by atoms with van der Waals surface area (Å²) >= 11 is 0. The molecule has 9 nitrogen and oxygen atoms in total. The van der Waals surface area contributed by atoms with Crippen LogP contribution in [-0.2, 0) is 22.3 Å². The van der Waals surface area contributed by atoms with Crippen LogP contribution in [0.4, 0.5) is 13.2 Å². The first-order valence-corrected chi connectivity index (χ1v) is 11.2. The summed E-state index contributed by atoms with van der Waals surface area (Å²) in [4.78, 5) is 38.5. The monoisotopic (exact) mass is 520 g/mol. The Morgan fingerprint density at radius 3 is 2.41 bits per heavy atom. The Balaban J connectivity index is 1.58. The normalized spacial score (nSPS) is 19.6. The first-order valence-electron chi connectivity index (χ1n) is 11.2. The van der Waals surface area contributed by atoms with E-state index in [9.17, 15) is 32.7 Å². The van der Waals surface area contributed by atoms with Crippen molar-refractivity contribution in [2.24, 2.45) is 0 Å². The van der Waals surface area contributed by atoms with Gasteiger partial charge in [-0.25, -0.2) is 4.79 Å². The van der Waals surface area contributed by atoms with Crippen LogP contribution in [0.25, 0.3) is 0 Å². The second-order valence-electron chi connectivity index (χ2n) is 8.34. The van der Waals surface area contributed by atoms with Crippen LogP contribution in [0.1, 0.15) is 34.1 Å². The lowest BCUT2D eigenvalue weighted by Crippen LogP contribution is -2.47. The SMILES string of the molecule is COc1ccc(COC[C@H]2O[C@@H](n3cc(C(F)(F)F)c(=O)n(C(=O)c4ccccc4)c3=O)C[C@@H]2O)cc1. The van der Waals surface area contributed by atoms with Gasteiger partial charge in [0.15, 0.2) is 0 Å². The summed E-state index contributed by atoms with van der Waals surface area (Å²) in [5.41, 5.74) is -4.16. The minimum Gasteiger partial charge on any atom is -0.497 e. The molecule has 3 aromatic rings. The highest BCUT2D eigenvalue weighted by atomic mass is 19.4. The summed E-state index contributed by atoms with van der Waals surface area (Å²) < 4.78 is 57.7. The van der Waals surface area contributed by atoms with Crippen LogP contribution in [0.15, 0.2) is 70.4 Å². The number of nitrogens with zero attached hydrogens (tertiary/aromatic N) is 2. The number of benzene rings is 2. The summed E-state index contributed by atoms with van der Waals surface area (Å²) in [5, 5.41) is 10.4. The molecular weight excluding hydrogens is 497 g/mol. The fourth-order valence-electron chi connectivity index (χ4n) is 3.91. The van der Waals surface area contributed by atoms with Gasteiger partial charge in [-0.2, -0.15) is 17.7 Å². The fourth-order valence-corrected chi connectivity index (χ4v) is 3.91. The molecule has 0 saturated carbocycles. The average molecular weight is 520 g/mol. The number of alkyl halides is 3. The predicted octanol–water partition coefficient (Wildman–Crippen LogP) is 2.59. The van der Waals surface area contributed by atoms with Gasteiger partial charge >= 0.3 is 11.9 Å². The molecule has 12 heteroatoms. The zero-order valence-corrected chi connectivity index (χ0v) is 19.6. The van der Waals surface area contributed by atoms with E-state index in [0.29, 0.717) is 16.5 Å². The molecule has 1 aliphatic rings. The van der Waals surface area contributed by atoms with Crippen molar-refractivity contribution in [3.63, 3.8) is 0 Å². The molecule has 196 valence electrons. The van der Waals surface area contributed by atoms with Crippen LogP contribution in [0, 0.1) is 0 Å². The third-order valence-corrected chi connectivity index (χ3v) is 5.87. The molecule has 0 spiro atoms. The lowest BCUT2D eigenvalue weighted by atomic mass is 10.2. The molecule has 4 rings (SSSR count). The zero-order valence-electron chi connectivity index (χ0n) is 19.6. The van der Waals surface area contributed by atoms with E-state index in [1.807, 2.05) is 0 Å². The molecule has 0 unspecified atom stereocenters. The number of aromatic nitrogens is 2. The number of carbonyl (C=O) groups is 1. The zero-order chi connectivity index (χ0) is 26.7. The summed E-state index contributed by atoms with van der Waals surface area (Å²) in [7, 11) is 1.54. The smallest absolute Gasteiger partial charge is 0.423 e. The van der Waals surface area contributed by atoms with Gasteiger partial charge in [-0.3, -0.25) is 14.2 Å². The van der Waals surface area contributed by atoms with Gasteiger partial charge in [0.25, 0.3) is 11.5 Å². The van der Waals surface area contributed by atoms with E-state index < -0.39 is 47.3 Å². The van der Waals surface area contributed by atoms with Gasteiger partial charge in [0.2, 0.25) is 0 Å². The Labute approximate surface area is 208 Å². The second-order valence-corrected chi connectivity index (χ2v) is 8.34. The third kappa shape index (κ3) is 5.66. The number of aliphatic hydroxyl groups is 1. The lowest BCUT2D eigenvalue weighted by molar-refractivity contribution is -0.140. The van der Waals surface area contributed by atoms with E-state index in [1.165, 1.54) is 31.4 Å². The van der Waals surface area contributed by atoms with Crippen molar-refractivity contribution >= 4 is 5.91 Å². The van der Waals surface area contributed by atoms with E-state index in [2.05, 4.69) is 0 Å². The minimum atomic E-state index is -5.15. The minimum absolute atomic E-state index is 0.0681. The topological polar surface area (TPSA) is 109 Å². The van der Waals surface area contributed by atoms with Crippen molar-refractivity contribution in [3.05, 3.63) is 98.3 Å². The number of carbonyl (C=O) groups excluding carboxylic acids is 1. The molecule has 1 saturated heterocycles. The van der Waals surface area contributed by atoms with E-state index in [4.69, 9.17) is 14.2 Å². The van der Waals surface area contributed by atoms with Gasteiger partial charge in [-0.05, 0) is 29.8 Å². The maximum Gasteiger partial charge on any atom is 0.423 e. The number of hydrogen-bond donors (Lipinski definition) is 1. The Bertz CT molecular complexity index is 1370. The van der Waals surface area contributed by atoms with E-state index in [-0.39, 0.29) is 29.8 Å². The van der Waals surface area contributed by atoms with Crippen LogP contribution in [0.2, 0.25) is 0 Å². The highest BCUT2D eigenvalue weighted by molar-refractivity contribution is 5.95. The Kier molecular flexibility index (Phi) is 7.62. The first-order chi connectivity index (χ1) is 17.6. The van der Waals surface area contributed by atoms with Crippen LogP contribution in [-0.4, -0.2) is 46.1 Å². The standard InChI is InChI=1S/C25H23F3N2O7/c1-35-17-9-7-15(8-10-17)13-36-14-20-19(31)11-21(37-20)29-12-18(25(26,27)28)23(33)30(24(29)34)22(32)16-5-3-2-4-6-16/h2-10,12,19-21,31H,11,13-14H2,1H3/t19-,20+,21+/m0/s1. The summed E-state index contributed by atoms with van der Waals surface area (Å²) in [6.07, 6.45) is -8.60. The van der Waals surface area contributed by atoms with Gasteiger partial charge in [0.05, 0.1) is 26.4 Å². The summed E-state index contributed by atoms with van der Waals surface area (Å²) in [6.45, 7) is 0.0447. The molecule has 3 atom stereocenters. The largest absolute Gasteiger partial charge is 0.497 e. The number of halogens is 3. The van der Waals surface area contributed by atoms with Crippen molar-refractivity contribution in [1.82, 2.24) is 9.13 Å². The number of rotatable bonds is 7. The molecule has 0 amide bonds. The van der Waals surface area contributed by atoms with E-state index in [0.717, 1.165) is 5.56 Å². The van der Waals surface area contributed by atoms with Crippen LogP contribution >= 0.6 is 0 Å². The molecule has 2 aromatic carbocycles. The molecule has 1 aliphatic heterocycles. The molecule has 37 heavy (non-hydrogen) atoms. The quantitative estimate of drug-likeness (QED) is 0.510. The van der Waals surface area contributed by atoms with Crippen molar-refractivity contribution in [2.45, 2.75) is 37.6 Å². The van der Waals surface area contributed by atoms with Crippen LogP contribution < -0.4 is 16.0 Å². The van der Waals surface area contributed by atoms with Crippen molar-refractivity contribution in [2.75, 3.05) is 13.7 Å².